The molecule has 3 rings (SSSR count). The van der Waals surface area contributed by atoms with E-state index in [-0.39, 0.29) is 5.91 Å². The molecule has 27 heavy (non-hydrogen) atoms. The molecule has 1 amide bonds. The highest BCUT2D eigenvalue weighted by atomic mass is 32.1. The van der Waals surface area contributed by atoms with Gasteiger partial charge >= 0.3 is 5.97 Å². The number of carbonyl (C=O) groups is 2. The van der Waals surface area contributed by atoms with Crippen molar-refractivity contribution in [3.8, 4) is 16.9 Å². The van der Waals surface area contributed by atoms with Crippen molar-refractivity contribution in [1.82, 2.24) is 0 Å². The number of benzene rings is 2. The van der Waals surface area contributed by atoms with Gasteiger partial charge in [0.1, 0.15) is 16.3 Å². The van der Waals surface area contributed by atoms with Gasteiger partial charge in [0.15, 0.2) is 0 Å². The van der Waals surface area contributed by atoms with Crippen LogP contribution in [-0.2, 0) is 4.74 Å². The van der Waals surface area contributed by atoms with E-state index >= 15 is 0 Å². The predicted molar refractivity (Wildman–Crippen MR) is 107 cm³/mol. The third-order valence-electron chi connectivity index (χ3n) is 3.92. The quantitative estimate of drug-likeness (QED) is 0.620. The topological polar surface area (TPSA) is 64.6 Å². The number of nitrogens with one attached hydrogen (secondary N) is 1. The van der Waals surface area contributed by atoms with E-state index in [9.17, 15) is 9.59 Å². The zero-order valence-corrected chi connectivity index (χ0v) is 15.8. The summed E-state index contributed by atoms with van der Waals surface area (Å²) >= 11 is 1.28. The van der Waals surface area contributed by atoms with Crippen LogP contribution in [0.3, 0.4) is 0 Å². The molecule has 6 heteroatoms. The van der Waals surface area contributed by atoms with Crippen LogP contribution in [0.25, 0.3) is 11.1 Å². The fourth-order valence-corrected chi connectivity index (χ4v) is 3.64. The van der Waals surface area contributed by atoms with Crippen molar-refractivity contribution < 1.29 is 19.1 Å². The van der Waals surface area contributed by atoms with Crippen LogP contribution in [0.4, 0.5) is 5.00 Å². The smallest absolute Gasteiger partial charge is 0.341 e. The van der Waals surface area contributed by atoms with Crippen LogP contribution in [0.1, 0.15) is 27.6 Å². The standard InChI is InChI=1S/C21H19NO4S/c1-3-26-17-12-8-7-11-15(17)19(23)22-20-18(21(24)25-2)16(13-27-20)14-9-5-4-6-10-14/h4-13H,3H2,1-2H3,(H,22,23). The van der Waals surface area contributed by atoms with E-state index in [1.54, 1.807) is 24.3 Å². The Kier molecular flexibility index (Phi) is 5.88. The largest absolute Gasteiger partial charge is 0.493 e. The van der Waals surface area contributed by atoms with Gasteiger partial charge in [0.05, 0.1) is 19.3 Å². The Bertz CT molecular complexity index is 950. The van der Waals surface area contributed by atoms with Gasteiger partial charge in [-0.05, 0) is 24.6 Å². The number of rotatable bonds is 6. The van der Waals surface area contributed by atoms with Gasteiger partial charge in [0.2, 0.25) is 0 Å². The number of hydrogen-bond acceptors (Lipinski definition) is 5. The Morgan fingerprint density at radius 2 is 1.74 bits per heavy atom. The number of hydrogen-bond donors (Lipinski definition) is 1. The molecule has 0 saturated heterocycles. The number of amides is 1. The molecular formula is C21H19NO4S. The summed E-state index contributed by atoms with van der Waals surface area (Å²) < 4.78 is 10.5. The van der Waals surface area contributed by atoms with Crippen molar-refractivity contribution in [3.63, 3.8) is 0 Å². The molecule has 5 nitrogen and oxygen atoms in total. The highest BCUT2D eigenvalue weighted by molar-refractivity contribution is 7.15. The molecule has 0 unspecified atom stereocenters. The first-order chi connectivity index (χ1) is 13.2. The molecule has 0 bridgehead atoms. The summed E-state index contributed by atoms with van der Waals surface area (Å²) in [5.41, 5.74) is 2.35. The third-order valence-corrected chi connectivity index (χ3v) is 4.82. The number of carbonyl (C=O) groups excluding carboxylic acids is 2. The SMILES string of the molecule is CCOc1ccccc1C(=O)Nc1scc(-c2ccccc2)c1C(=O)OC. The minimum absolute atomic E-state index is 0.342. The molecule has 0 atom stereocenters. The molecule has 0 spiro atoms. The molecule has 0 saturated carbocycles. The van der Waals surface area contributed by atoms with Crippen molar-refractivity contribution >= 4 is 28.2 Å². The Morgan fingerprint density at radius 1 is 1.04 bits per heavy atom. The van der Waals surface area contributed by atoms with Crippen LogP contribution in [0, 0.1) is 0 Å². The monoisotopic (exact) mass is 381 g/mol. The van der Waals surface area contributed by atoms with Gasteiger partial charge in [-0.2, -0.15) is 0 Å². The fourth-order valence-electron chi connectivity index (χ4n) is 2.69. The zero-order valence-electron chi connectivity index (χ0n) is 15.0. The Labute approximate surface area is 161 Å². The Morgan fingerprint density at radius 3 is 2.44 bits per heavy atom. The van der Waals surface area contributed by atoms with Crippen LogP contribution in [0.5, 0.6) is 5.75 Å². The van der Waals surface area contributed by atoms with E-state index < -0.39 is 5.97 Å². The maximum absolute atomic E-state index is 12.8. The minimum atomic E-state index is -0.497. The maximum atomic E-state index is 12.8. The number of anilines is 1. The molecule has 0 aliphatic heterocycles. The molecule has 1 heterocycles. The van der Waals surface area contributed by atoms with Gasteiger partial charge in [-0.15, -0.1) is 11.3 Å². The van der Waals surface area contributed by atoms with E-state index in [2.05, 4.69) is 5.32 Å². The summed E-state index contributed by atoms with van der Waals surface area (Å²) in [6.07, 6.45) is 0. The number of methoxy groups -OCH3 is 1. The molecule has 0 aliphatic carbocycles. The van der Waals surface area contributed by atoms with Gasteiger partial charge in [-0.25, -0.2) is 4.79 Å². The summed E-state index contributed by atoms with van der Waals surface area (Å²) in [6, 6.07) is 16.5. The first-order valence-electron chi connectivity index (χ1n) is 8.44. The second-order valence-corrected chi connectivity index (χ2v) is 6.47. The molecule has 2 aromatic carbocycles. The van der Waals surface area contributed by atoms with E-state index in [0.29, 0.717) is 28.5 Å². The lowest BCUT2D eigenvalue weighted by molar-refractivity contribution is 0.0603. The average molecular weight is 381 g/mol. The molecule has 0 aliphatic rings. The molecule has 3 aromatic rings. The molecule has 1 aromatic heterocycles. The fraction of sp³-hybridized carbons (Fsp3) is 0.143. The van der Waals surface area contributed by atoms with Crippen LogP contribution < -0.4 is 10.1 Å². The lowest BCUT2D eigenvalue weighted by Crippen LogP contribution is -2.15. The van der Waals surface area contributed by atoms with Crippen molar-refractivity contribution in [1.29, 1.82) is 0 Å². The minimum Gasteiger partial charge on any atom is -0.493 e. The van der Waals surface area contributed by atoms with Gasteiger partial charge in [-0.1, -0.05) is 42.5 Å². The number of thiophene rings is 1. The summed E-state index contributed by atoms with van der Waals surface area (Å²) in [4.78, 5) is 25.2. The molecule has 1 N–H and O–H groups in total. The van der Waals surface area contributed by atoms with Gasteiger partial charge in [-0.3, -0.25) is 4.79 Å². The van der Waals surface area contributed by atoms with Crippen LogP contribution in [0.15, 0.2) is 60.0 Å². The highest BCUT2D eigenvalue weighted by Gasteiger charge is 2.23. The van der Waals surface area contributed by atoms with E-state index in [4.69, 9.17) is 9.47 Å². The summed E-state index contributed by atoms with van der Waals surface area (Å²) in [5, 5.41) is 5.11. The van der Waals surface area contributed by atoms with Crippen molar-refractivity contribution in [2.75, 3.05) is 19.0 Å². The normalized spacial score (nSPS) is 10.3. The predicted octanol–water partition coefficient (Wildman–Crippen LogP) is 4.85. The van der Waals surface area contributed by atoms with Gasteiger partial charge in [0, 0.05) is 10.9 Å². The second-order valence-electron chi connectivity index (χ2n) is 5.59. The first-order valence-corrected chi connectivity index (χ1v) is 9.32. The zero-order chi connectivity index (χ0) is 19.2. The van der Waals surface area contributed by atoms with Crippen molar-refractivity contribution in [3.05, 3.63) is 71.1 Å². The molecular weight excluding hydrogens is 362 g/mol. The number of para-hydroxylation sites is 1. The molecule has 138 valence electrons. The van der Waals surface area contributed by atoms with E-state index in [0.717, 1.165) is 11.1 Å². The highest BCUT2D eigenvalue weighted by Crippen LogP contribution is 2.36. The summed E-state index contributed by atoms with van der Waals surface area (Å²) in [5.74, 6) is -0.342. The third kappa shape index (κ3) is 4.01. The summed E-state index contributed by atoms with van der Waals surface area (Å²) in [7, 11) is 1.32. The average Bonchev–Trinajstić information content (AvgIpc) is 3.12. The van der Waals surface area contributed by atoms with Crippen LogP contribution >= 0.6 is 11.3 Å². The lowest BCUT2D eigenvalue weighted by Gasteiger charge is -2.11. The molecule has 0 radical (unpaired) electrons. The van der Waals surface area contributed by atoms with Crippen LogP contribution in [-0.4, -0.2) is 25.6 Å². The van der Waals surface area contributed by atoms with E-state index in [1.807, 2.05) is 42.6 Å². The van der Waals surface area contributed by atoms with E-state index in [1.165, 1.54) is 18.4 Å². The second kappa shape index (κ2) is 8.51. The maximum Gasteiger partial charge on any atom is 0.341 e. The summed E-state index contributed by atoms with van der Waals surface area (Å²) in [6.45, 7) is 2.31. The molecule has 0 fully saturated rings. The number of esters is 1. The lowest BCUT2D eigenvalue weighted by atomic mass is 10.0. The van der Waals surface area contributed by atoms with Gasteiger partial charge in [0.25, 0.3) is 5.91 Å². The Balaban J connectivity index is 1.97. The van der Waals surface area contributed by atoms with Crippen molar-refractivity contribution in [2.24, 2.45) is 0 Å². The first kappa shape index (κ1) is 18.7. The van der Waals surface area contributed by atoms with Crippen LogP contribution in [0.2, 0.25) is 0 Å². The van der Waals surface area contributed by atoms with Gasteiger partial charge < -0.3 is 14.8 Å². The number of ether oxygens (including phenoxy) is 2. The Hall–Kier alpha value is -3.12. The van der Waals surface area contributed by atoms with Crippen molar-refractivity contribution in [2.45, 2.75) is 6.92 Å².